The lowest BCUT2D eigenvalue weighted by molar-refractivity contribution is -0.134. The van der Waals surface area contributed by atoms with E-state index in [1.165, 1.54) is 19.2 Å². The molecule has 7 heteroatoms. The third-order valence-corrected chi connectivity index (χ3v) is 3.64. The van der Waals surface area contributed by atoms with E-state index in [0.717, 1.165) is 0 Å². The van der Waals surface area contributed by atoms with Gasteiger partial charge in [-0.15, -0.1) is 0 Å². The van der Waals surface area contributed by atoms with Crippen molar-refractivity contribution in [2.24, 2.45) is 5.73 Å². The number of ether oxygens (including phenoxy) is 2. The summed E-state index contributed by atoms with van der Waals surface area (Å²) in [6, 6.07) is 4.12. The summed E-state index contributed by atoms with van der Waals surface area (Å²) in [5.41, 5.74) is 6.22. The number of rotatable bonds is 9. The number of benzene rings is 1. The highest BCUT2D eigenvalue weighted by Crippen LogP contribution is 2.19. The van der Waals surface area contributed by atoms with Crippen molar-refractivity contribution in [1.29, 1.82) is 0 Å². The van der Waals surface area contributed by atoms with Crippen LogP contribution in [0.5, 0.6) is 0 Å². The van der Waals surface area contributed by atoms with E-state index in [9.17, 15) is 9.18 Å². The Bertz CT molecular complexity index is 484. The topological polar surface area (TPSA) is 64.8 Å². The van der Waals surface area contributed by atoms with Crippen molar-refractivity contribution in [3.63, 3.8) is 0 Å². The van der Waals surface area contributed by atoms with Gasteiger partial charge in [-0.3, -0.25) is 4.79 Å². The van der Waals surface area contributed by atoms with Crippen LogP contribution in [-0.4, -0.2) is 50.8 Å². The fourth-order valence-electron chi connectivity index (χ4n) is 1.94. The van der Waals surface area contributed by atoms with E-state index in [1.807, 2.05) is 0 Å². The second-order valence-electron chi connectivity index (χ2n) is 4.84. The molecule has 1 atom stereocenters. The van der Waals surface area contributed by atoms with E-state index in [2.05, 4.69) is 0 Å². The minimum atomic E-state index is -0.411. The average molecular weight is 333 g/mol. The quantitative estimate of drug-likeness (QED) is 0.749. The molecule has 0 saturated heterocycles. The van der Waals surface area contributed by atoms with Crippen molar-refractivity contribution in [2.45, 2.75) is 19.1 Å². The van der Waals surface area contributed by atoms with Gasteiger partial charge in [0.05, 0.1) is 19.1 Å². The summed E-state index contributed by atoms with van der Waals surface area (Å²) in [7, 11) is 3.08. The first-order chi connectivity index (χ1) is 10.5. The van der Waals surface area contributed by atoms with E-state index < -0.39 is 5.82 Å². The second kappa shape index (κ2) is 9.74. The number of hydrogen-bond donors (Lipinski definition) is 1. The number of hydrogen-bond acceptors (Lipinski definition) is 4. The van der Waals surface area contributed by atoms with Crippen LogP contribution in [0, 0.1) is 5.82 Å². The highest BCUT2D eigenvalue weighted by atomic mass is 35.5. The molecule has 1 aromatic carbocycles. The molecule has 0 saturated carbocycles. The molecule has 0 radical (unpaired) electrons. The lowest BCUT2D eigenvalue weighted by atomic mass is 10.1. The maximum Gasteiger partial charge on any atom is 0.225 e. The summed E-state index contributed by atoms with van der Waals surface area (Å²) in [5, 5.41) is 0.289. The van der Waals surface area contributed by atoms with Gasteiger partial charge < -0.3 is 20.1 Å². The van der Waals surface area contributed by atoms with Crippen molar-refractivity contribution >= 4 is 17.5 Å². The maximum absolute atomic E-state index is 13.1. The van der Waals surface area contributed by atoms with E-state index in [0.29, 0.717) is 18.7 Å². The number of amides is 1. The summed E-state index contributed by atoms with van der Waals surface area (Å²) in [6.45, 7) is 1.34. The van der Waals surface area contributed by atoms with Crippen LogP contribution in [-0.2, 0) is 20.8 Å². The van der Waals surface area contributed by atoms with E-state index in [-0.39, 0.29) is 36.5 Å². The SMILES string of the molecule is COCCN(Cc1ccc(F)cc1Cl)C(=O)CC(CN)OC. The van der Waals surface area contributed by atoms with Crippen molar-refractivity contribution < 1.29 is 18.7 Å². The number of nitrogens with zero attached hydrogens (tertiary/aromatic N) is 1. The molecule has 0 aliphatic rings. The summed E-state index contributed by atoms with van der Waals surface area (Å²) in [6.07, 6.45) is -0.156. The van der Waals surface area contributed by atoms with E-state index in [4.69, 9.17) is 26.8 Å². The minimum Gasteiger partial charge on any atom is -0.383 e. The van der Waals surface area contributed by atoms with Gasteiger partial charge in [0, 0.05) is 38.9 Å². The summed E-state index contributed by atoms with van der Waals surface area (Å²) < 4.78 is 23.3. The summed E-state index contributed by atoms with van der Waals surface area (Å²) in [5.74, 6) is -0.527. The number of methoxy groups -OCH3 is 2. The molecule has 0 spiro atoms. The molecule has 1 unspecified atom stereocenters. The van der Waals surface area contributed by atoms with Gasteiger partial charge in [0.1, 0.15) is 5.82 Å². The zero-order valence-electron chi connectivity index (χ0n) is 12.9. The molecule has 2 N–H and O–H groups in total. The number of carbonyl (C=O) groups excluding carboxylic acids is 1. The van der Waals surface area contributed by atoms with Crippen LogP contribution in [0.3, 0.4) is 0 Å². The highest BCUT2D eigenvalue weighted by molar-refractivity contribution is 6.31. The van der Waals surface area contributed by atoms with Crippen LogP contribution >= 0.6 is 11.6 Å². The van der Waals surface area contributed by atoms with Crippen molar-refractivity contribution in [3.05, 3.63) is 34.6 Å². The molecule has 0 heterocycles. The van der Waals surface area contributed by atoms with Crippen LogP contribution in [0.4, 0.5) is 4.39 Å². The zero-order chi connectivity index (χ0) is 16.5. The standard InChI is InChI=1S/C15H22ClFN2O3/c1-21-6-5-19(15(20)8-13(9-18)22-2)10-11-3-4-12(17)7-14(11)16/h3-4,7,13H,5-6,8-10,18H2,1-2H3. The number of nitrogens with two attached hydrogens (primary N) is 1. The van der Waals surface area contributed by atoms with Gasteiger partial charge in [0.15, 0.2) is 0 Å². The van der Waals surface area contributed by atoms with E-state index in [1.54, 1.807) is 18.1 Å². The largest absolute Gasteiger partial charge is 0.383 e. The Hall–Kier alpha value is -1.21. The van der Waals surface area contributed by atoms with Crippen LogP contribution in [0.25, 0.3) is 0 Å². The average Bonchev–Trinajstić information content (AvgIpc) is 2.50. The van der Waals surface area contributed by atoms with Gasteiger partial charge in [0.25, 0.3) is 0 Å². The summed E-state index contributed by atoms with van der Waals surface area (Å²) in [4.78, 5) is 14.0. The third kappa shape index (κ3) is 5.88. The first-order valence-corrected chi connectivity index (χ1v) is 7.33. The Balaban J connectivity index is 2.80. The summed E-state index contributed by atoms with van der Waals surface area (Å²) >= 11 is 6.02. The van der Waals surface area contributed by atoms with Crippen LogP contribution < -0.4 is 5.73 Å². The predicted octanol–water partition coefficient (Wildman–Crippen LogP) is 1.82. The van der Waals surface area contributed by atoms with Crippen LogP contribution in [0.1, 0.15) is 12.0 Å². The van der Waals surface area contributed by atoms with Crippen LogP contribution in [0.2, 0.25) is 5.02 Å². The van der Waals surface area contributed by atoms with Crippen molar-refractivity contribution in [2.75, 3.05) is 33.9 Å². The molecule has 0 fully saturated rings. The Morgan fingerprint density at radius 3 is 2.73 bits per heavy atom. The molecule has 0 aliphatic heterocycles. The zero-order valence-corrected chi connectivity index (χ0v) is 13.6. The first-order valence-electron chi connectivity index (χ1n) is 6.95. The molecule has 124 valence electrons. The molecule has 5 nitrogen and oxygen atoms in total. The molecular formula is C15H22ClFN2O3. The lowest BCUT2D eigenvalue weighted by Gasteiger charge is -2.25. The molecule has 1 amide bonds. The Morgan fingerprint density at radius 2 is 2.18 bits per heavy atom. The Morgan fingerprint density at radius 1 is 1.45 bits per heavy atom. The molecule has 1 aromatic rings. The third-order valence-electron chi connectivity index (χ3n) is 3.29. The van der Waals surface area contributed by atoms with Gasteiger partial charge >= 0.3 is 0 Å². The highest BCUT2D eigenvalue weighted by Gasteiger charge is 2.19. The van der Waals surface area contributed by atoms with Gasteiger partial charge in [-0.2, -0.15) is 0 Å². The number of halogens is 2. The minimum absolute atomic E-state index is 0.116. The predicted molar refractivity (Wildman–Crippen MR) is 83.2 cm³/mol. The molecule has 1 rings (SSSR count). The monoisotopic (exact) mass is 332 g/mol. The lowest BCUT2D eigenvalue weighted by Crippen LogP contribution is -2.37. The normalized spacial score (nSPS) is 12.2. The van der Waals surface area contributed by atoms with E-state index >= 15 is 0 Å². The molecular weight excluding hydrogens is 311 g/mol. The Kier molecular flexibility index (Phi) is 8.34. The first kappa shape index (κ1) is 18.8. The van der Waals surface area contributed by atoms with Crippen LogP contribution in [0.15, 0.2) is 18.2 Å². The maximum atomic E-state index is 13.1. The van der Waals surface area contributed by atoms with Crippen molar-refractivity contribution in [1.82, 2.24) is 4.90 Å². The number of carbonyl (C=O) groups is 1. The van der Waals surface area contributed by atoms with Gasteiger partial charge in [-0.1, -0.05) is 17.7 Å². The molecule has 0 aromatic heterocycles. The molecule has 0 aliphatic carbocycles. The smallest absolute Gasteiger partial charge is 0.225 e. The van der Waals surface area contributed by atoms with Gasteiger partial charge in [-0.25, -0.2) is 4.39 Å². The second-order valence-corrected chi connectivity index (χ2v) is 5.25. The fourth-order valence-corrected chi connectivity index (χ4v) is 2.16. The van der Waals surface area contributed by atoms with Gasteiger partial charge in [0.2, 0.25) is 5.91 Å². The molecule has 0 bridgehead atoms. The fraction of sp³-hybridized carbons (Fsp3) is 0.533. The molecule has 22 heavy (non-hydrogen) atoms. The van der Waals surface area contributed by atoms with Crippen molar-refractivity contribution in [3.8, 4) is 0 Å². The van der Waals surface area contributed by atoms with Gasteiger partial charge in [-0.05, 0) is 17.7 Å². The Labute approximate surface area is 135 Å².